The van der Waals surface area contributed by atoms with E-state index in [0.717, 1.165) is 31.6 Å². The average Bonchev–Trinajstić information content (AvgIpc) is 2.57. The van der Waals surface area contributed by atoms with Crippen LogP contribution in [0.15, 0.2) is 24.3 Å². The Bertz CT molecular complexity index is 359. The minimum absolute atomic E-state index is 0.101. The summed E-state index contributed by atoms with van der Waals surface area (Å²) < 4.78 is 13.5. The zero-order chi connectivity index (χ0) is 12.1. The Hall–Kier alpha value is -0.970. The molecule has 1 fully saturated rings. The number of hydrogen-bond donors (Lipinski definition) is 2. The minimum Gasteiger partial charge on any atom is -0.395 e. The summed E-state index contributed by atoms with van der Waals surface area (Å²) in [6.45, 7) is 3.38. The van der Waals surface area contributed by atoms with Crippen LogP contribution in [0.25, 0.3) is 0 Å². The molecular formula is C13H19FN2O. The van der Waals surface area contributed by atoms with Gasteiger partial charge in [-0.25, -0.2) is 4.39 Å². The van der Waals surface area contributed by atoms with Crippen LogP contribution >= 0.6 is 0 Å². The average molecular weight is 238 g/mol. The van der Waals surface area contributed by atoms with Gasteiger partial charge in [0.25, 0.3) is 0 Å². The lowest BCUT2D eigenvalue weighted by Crippen LogP contribution is -2.40. The second kappa shape index (κ2) is 6.10. The highest BCUT2D eigenvalue weighted by molar-refractivity contribution is 5.17. The van der Waals surface area contributed by atoms with E-state index in [4.69, 9.17) is 0 Å². The molecule has 0 bridgehead atoms. The molecule has 4 heteroatoms. The Morgan fingerprint density at radius 2 is 2.24 bits per heavy atom. The summed E-state index contributed by atoms with van der Waals surface area (Å²) in [6, 6.07) is 6.98. The Morgan fingerprint density at radius 3 is 3.00 bits per heavy atom. The fourth-order valence-electron chi connectivity index (χ4n) is 2.21. The predicted molar refractivity (Wildman–Crippen MR) is 65.2 cm³/mol. The van der Waals surface area contributed by atoms with Gasteiger partial charge in [0.2, 0.25) is 0 Å². The van der Waals surface area contributed by atoms with Gasteiger partial charge >= 0.3 is 0 Å². The van der Waals surface area contributed by atoms with Crippen LogP contribution in [0.3, 0.4) is 0 Å². The van der Waals surface area contributed by atoms with Crippen LogP contribution in [0.1, 0.15) is 12.0 Å². The maximum atomic E-state index is 13.5. The lowest BCUT2D eigenvalue weighted by molar-refractivity contribution is 0.195. The molecular weight excluding hydrogens is 219 g/mol. The quantitative estimate of drug-likeness (QED) is 0.824. The van der Waals surface area contributed by atoms with Gasteiger partial charge in [-0.2, -0.15) is 0 Å². The lowest BCUT2D eigenvalue weighted by Gasteiger charge is -2.23. The normalized spacial score (nSPS) is 22.4. The molecule has 0 amide bonds. The number of benzene rings is 1. The van der Waals surface area contributed by atoms with E-state index in [0.29, 0.717) is 6.54 Å². The largest absolute Gasteiger partial charge is 0.395 e. The smallest absolute Gasteiger partial charge is 0.127 e. The van der Waals surface area contributed by atoms with Crippen molar-refractivity contribution in [2.45, 2.75) is 19.0 Å². The molecule has 1 unspecified atom stereocenters. The van der Waals surface area contributed by atoms with E-state index in [-0.39, 0.29) is 18.5 Å². The van der Waals surface area contributed by atoms with Crippen LogP contribution < -0.4 is 5.32 Å². The van der Waals surface area contributed by atoms with Crippen molar-refractivity contribution in [3.05, 3.63) is 35.6 Å². The molecule has 1 aromatic carbocycles. The molecule has 0 saturated carbocycles. The van der Waals surface area contributed by atoms with Crippen LogP contribution in [0.5, 0.6) is 0 Å². The van der Waals surface area contributed by atoms with Gasteiger partial charge in [0.1, 0.15) is 5.82 Å². The van der Waals surface area contributed by atoms with Crippen molar-refractivity contribution < 1.29 is 9.50 Å². The molecule has 1 heterocycles. The fourth-order valence-corrected chi connectivity index (χ4v) is 2.21. The SMILES string of the molecule is OCC1CN(Cc2ccccc2F)CCCN1. The van der Waals surface area contributed by atoms with E-state index in [1.807, 2.05) is 12.1 Å². The Morgan fingerprint density at radius 1 is 1.41 bits per heavy atom. The van der Waals surface area contributed by atoms with Crippen molar-refractivity contribution in [3.63, 3.8) is 0 Å². The number of nitrogens with zero attached hydrogens (tertiary/aromatic N) is 1. The first-order chi connectivity index (χ1) is 8.29. The van der Waals surface area contributed by atoms with E-state index in [2.05, 4.69) is 10.2 Å². The predicted octanol–water partition coefficient (Wildman–Crippen LogP) is 0.982. The third-order valence-electron chi connectivity index (χ3n) is 3.13. The van der Waals surface area contributed by atoms with E-state index >= 15 is 0 Å². The Kier molecular flexibility index (Phi) is 4.48. The van der Waals surface area contributed by atoms with Gasteiger partial charge in [-0.3, -0.25) is 4.90 Å². The standard InChI is InChI=1S/C13H19FN2O/c14-13-5-2-1-4-11(13)8-16-7-3-6-15-12(9-16)10-17/h1-2,4-5,12,15,17H,3,6-10H2. The Balaban J connectivity index is 2.00. The molecule has 17 heavy (non-hydrogen) atoms. The molecule has 2 rings (SSSR count). The molecule has 1 aliphatic rings. The van der Waals surface area contributed by atoms with Gasteiger partial charge in [-0.1, -0.05) is 18.2 Å². The molecule has 1 aliphatic heterocycles. The summed E-state index contributed by atoms with van der Waals surface area (Å²) in [5.41, 5.74) is 0.728. The van der Waals surface area contributed by atoms with Crippen molar-refractivity contribution in [2.75, 3.05) is 26.2 Å². The number of halogens is 1. The lowest BCUT2D eigenvalue weighted by atomic mass is 10.2. The van der Waals surface area contributed by atoms with Crippen LogP contribution in [0.2, 0.25) is 0 Å². The molecule has 1 atom stereocenters. The van der Waals surface area contributed by atoms with Gasteiger partial charge in [-0.05, 0) is 25.6 Å². The van der Waals surface area contributed by atoms with Crippen molar-refractivity contribution in [1.82, 2.24) is 10.2 Å². The number of aliphatic hydroxyl groups excluding tert-OH is 1. The summed E-state index contributed by atoms with van der Waals surface area (Å²) in [5, 5.41) is 12.5. The minimum atomic E-state index is -0.148. The topological polar surface area (TPSA) is 35.5 Å². The zero-order valence-corrected chi connectivity index (χ0v) is 9.90. The first-order valence-corrected chi connectivity index (χ1v) is 6.09. The van der Waals surface area contributed by atoms with E-state index in [1.165, 1.54) is 6.07 Å². The van der Waals surface area contributed by atoms with Crippen molar-refractivity contribution in [2.24, 2.45) is 0 Å². The number of rotatable bonds is 3. The van der Waals surface area contributed by atoms with Gasteiger partial charge < -0.3 is 10.4 Å². The van der Waals surface area contributed by atoms with Crippen LogP contribution in [-0.4, -0.2) is 42.3 Å². The summed E-state index contributed by atoms with van der Waals surface area (Å²) in [5.74, 6) is -0.148. The third-order valence-corrected chi connectivity index (χ3v) is 3.13. The van der Waals surface area contributed by atoms with Crippen molar-refractivity contribution in [3.8, 4) is 0 Å². The number of aliphatic hydroxyl groups is 1. The highest BCUT2D eigenvalue weighted by Crippen LogP contribution is 2.11. The van der Waals surface area contributed by atoms with Gasteiger partial charge in [0.15, 0.2) is 0 Å². The molecule has 0 radical (unpaired) electrons. The van der Waals surface area contributed by atoms with Gasteiger partial charge in [0.05, 0.1) is 6.61 Å². The maximum Gasteiger partial charge on any atom is 0.127 e. The van der Waals surface area contributed by atoms with E-state index < -0.39 is 0 Å². The summed E-state index contributed by atoms with van der Waals surface area (Å²) >= 11 is 0. The zero-order valence-electron chi connectivity index (χ0n) is 9.90. The number of nitrogens with one attached hydrogen (secondary N) is 1. The van der Waals surface area contributed by atoms with Crippen LogP contribution in [-0.2, 0) is 6.54 Å². The second-order valence-corrected chi connectivity index (χ2v) is 4.51. The second-order valence-electron chi connectivity index (χ2n) is 4.51. The summed E-state index contributed by atoms with van der Waals surface area (Å²) in [6.07, 6.45) is 1.03. The van der Waals surface area contributed by atoms with Crippen molar-refractivity contribution in [1.29, 1.82) is 0 Å². The Labute approximate surface area is 101 Å². The highest BCUT2D eigenvalue weighted by Gasteiger charge is 2.17. The first-order valence-electron chi connectivity index (χ1n) is 6.09. The highest BCUT2D eigenvalue weighted by atomic mass is 19.1. The first kappa shape index (κ1) is 12.5. The number of hydrogen-bond acceptors (Lipinski definition) is 3. The molecule has 0 aromatic heterocycles. The molecule has 94 valence electrons. The van der Waals surface area contributed by atoms with Crippen LogP contribution in [0.4, 0.5) is 4.39 Å². The van der Waals surface area contributed by atoms with Crippen LogP contribution in [0, 0.1) is 5.82 Å². The fraction of sp³-hybridized carbons (Fsp3) is 0.538. The van der Waals surface area contributed by atoms with Gasteiger partial charge in [-0.15, -0.1) is 0 Å². The maximum absolute atomic E-state index is 13.5. The van der Waals surface area contributed by atoms with Gasteiger partial charge in [0, 0.05) is 24.7 Å². The van der Waals surface area contributed by atoms with E-state index in [9.17, 15) is 9.50 Å². The summed E-state index contributed by atoms with van der Waals surface area (Å²) in [7, 11) is 0. The monoisotopic (exact) mass is 238 g/mol. The van der Waals surface area contributed by atoms with E-state index in [1.54, 1.807) is 6.07 Å². The summed E-state index contributed by atoms with van der Waals surface area (Å²) in [4.78, 5) is 2.19. The van der Waals surface area contributed by atoms with Crippen molar-refractivity contribution >= 4 is 0 Å². The molecule has 0 aliphatic carbocycles. The molecule has 2 N–H and O–H groups in total. The molecule has 0 spiro atoms. The molecule has 1 saturated heterocycles. The third kappa shape index (κ3) is 3.49. The molecule has 1 aromatic rings. The molecule has 3 nitrogen and oxygen atoms in total.